The molecule has 1 aliphatic rings. The summed E-state index contributed by atoms with van der Waals surface area (Å²) in [5.41, 5.74) is 0.508. The Bertz CT molecular complexity index is 449. The summed E-state index contributed by atoms with van der Waals surface area (Å²) in [4.78, 5) is 24.2. The first-order chi connectivity index (χ1) is 8.58. The predicted molar refractivity (Wildman–Crippen MR) is 62.8 cm³/mol. The minimum absolute atomic E-state index is 0.0360. The van der Waals surface area contributed by atoms with E-state index in [0.29, 0.717) is 5.56 Å². The van der Waals surface area contributed by atoms with Crippen LogP contribution in [0, 0.1) is 0 Å². The van der Waals surface area contributed by atoms with Gasteiger partial charge in [0, 0.05) is 12.5 Å². The largest absolute Gasteiger partial charge is 0.457 e. The van der Waals surface area contributed by atoms with Crippen LogP contribution in [0.2, 0.25) is 0 Å². The van der Waals surface area contributed by atoms with E-state index in [4.69, 9.17) is 4.74 Å². The molecule has 2 atom stereocenters. The Kier molecular flexibility index (Phi) is 3.60. The Labute approximate surface area is 104 Å². The van der Waals surface area contributed by atoms with E-state index in [9.17, 15) is 14.0 Å². The van der Waals surface area contributed by atoms with Gasteiger partial charge in [0.25, 0.3) is 5.91 Å². The quantitative estimate of drug-likeness (QED) is 0.747. The molecule has 1 amide bonds. The third-order valence-corrected chi connectivity index (χ3v) is 2.82. The zero-order valence-corrected chi connectivity index (χ0v) is 10.0. The van der Waals surface area contributed by atoms with E-state index in [1.54, 1.807) is 30.3 Å². The van der Waals surface area contributed by atoms with Gasteiger partial charge in [0.1, 0.15) is 0 Å². The molecule has 4 nitrogen and oxygen atoms in total. The van der Waals surface area contributed by atoms with Crippen LogP contribution in [-0.2, 0) is 9.53 Å². The molecule has 1 aliphatic heterocycles. The molecular weight excluding hydrogens is 237 g/mol. The van der Waals surface area contributed by atoms with Gasteiger partial charge in [-0.15, -0.1) is 0 Å². The fourth-order valence-corrected chi connectivity index (χ4v) is 1.99. The topological polar surface area (TPSA) is 46.6 Å². The van der Waals surface area contributed by atoms with Crippen molar-refractivity contribution < 1.29 is 18.7 Å². The molecular formula is C13H14FNO3. The van der Waals surface area contributed by atoms with E-state index < -0.39 is 18.2 Å². The first-order valence-electron chi connectivity index (χ1n) is 5.73. The van der Waals surface area contributed by atoms with Crippen LogP contribution >= 0.6 is 0 Å². The van der Waals surface area contributed by atoms with Crippen molar-refractivity contribution in [3.8, 4) is 0 Å². The number of nitrogens with zero attached hydrogens (tertiary/aromatic N) is 1. The van der Waals surface area contributed by atoms with Gasteiger partial charge in [-0.3, -0.25) is 9.59 Å². The lowest BCUT2D eigenvalue weighted by Crippen LogP contribution is -2.30. The van der Waals surface area contributed by atoms with Crippen LogP contribution in [0.4, 0.5) is 4.39 Å². The zero-order chi connectivity index (χ0) is 13.1. The van der Waals surface area contributed by atoms with Crippen molar-refractivity contribution in [1.29, 1.82) is 0 Å². The molecule has 18 heavy (non-hydrogen) atoms. The molecule has 1 fully saturated rings. The Morgan fingerprint density at radius 3 is 2.56 bits per heavy atom. The van der Waals surface area contributed by atoms with E-state index in [2.05, 4.69) is 0 Å². The minimum atomic E-state index is -1.32. The third kappa shape index (κ3) is 2.67. The van der Waals surface area contributed by atoms with Gasteiger partial charge >= 0.3 is 5.97 Å². The highest BCUT2D eigenvalue weighted by Gasteiger charge is 2.37. The summed E-state index contributed by atoms with van der Waals surface area (Å²) in [6.45, 7) is 1.30. The van der Waals surface area contributed by atoms with E-state index in [1.165, 1.54) is 11.8 Å². The summed E-state index contributed by atoms with van der Waals surface area (Å²) in [5.74, 6) is -0.774. The highest BCUT2D eigenvalue weighted by molar-refractivity contribution is 5.94. The molecule has 1 aromatic rings. The summed E-state index contributed by atoms with van der Waals surface area (Å²) in [6.07, 6.45) is -2.17. The van der Waals surface area contributed by atoms with Gasteiger partial charge in [0.05, 0.1) is 13.1 Å². The second kappa shape index (κ2) is 5.16. The number of rotatable bonds is 2. The van der Waals surface area contributed by atoms with Crippen molar-refractivity contribution in [2.45, 2.75) is 19.2 Å². The monoisotopic (exact) mass is 251 g/mol. The number of ether oxygens (including phenoxy) is 1. The van der Waals surface area contributed by atoms with Crippen molar-refractivity contribution in [2.75, 3.05) is 13.1 Å². The number of carbonyl (C=O) groups excluding carboxylic acids is 2. The Hall–Kier alpha value is -1.91. The summed E-state index contributed by atoms with van der Waals surface area (Å²) >= 11 is 0. The maximum absolute atomic E-state index is 13.6. The first-order valence-corrected chi connectivity index (χ1v) is 5.73. The highest BCUT2D eigenvalue weighted by atomic mass is 19.1. The summed E-state index contributed by atoms with van der Waals surface area (Å²) in [5, 5.41) is 0. The molecule has 0 aromatic heterocycles. The molecule has 0 bridgehead atoms. The number of carbonyl (C=O) groups is 2. The Morgan fingerprint density at radius 2 is 1.94 bits per heavy atom. The average Bonchev–Trinajstić information content (AvgIpc) is 2.70. The van der Waals surface area contributed by atoms with Gasteiger partial charge in [0.2, 0.25) is 0 Å². The van der Waals surface area contributed by atoms with Crippen LogP contribution in [0.5, 0.6) is 0 Å². The van der Waals surface area contributed by atoms with E-state index >= 15 is 0 Å². The standard InChI is InChI=1S/C13H14FNO3/c1-9(16)18-12-8-15(7-11(12)14)13(17)10-5-3-2-4-6-10/h2-6,11-12H,7-8H2,1H3/t11-,12-/m0/s1. The normalized spacial score (nSPS) is 22.9. The molecule has 2 rings (SSSR count). The predicted octanol–water partition coefficient (Wildman–Crippen LogP) is 1.41. The fourth-order valence-electron chi connectivity index (χ4n) is 1.99. The van der Waals surface area contributed by atoms with Crippen molar-refractivity contribution in [1.82, 2.24) is 4.90 Å². The SMILES string of the molecule is CC(=O)O[C@H]1CN(C(=O)c2ccccc2)C[C@@H]1F. The third-order valence-electron chi connectivity index (χ3n) is 2.82. The zero-order valence-electron chi connectivity index (χ0n) is 10.0. The molecule has 1 aromatic carbocycles. The molecule has 5 heteroatoms. The number of likely N-dealkylation sites (tertiary alicyclic amines) is 1. The van der Waals surface area contributed by atoms with Gasteiger partial charge in [-0.05, 0) is 12.1 Å². The molecule has 96 valence electrons. The molecule has 0 spiro atoms. The lowest BCUT2D eigenvalue weighted by atomic mass is 10.2. The Balaban J connectivity index is 2.04. The van der Waals surface area contributed by atoms with Crippen LogP contribution < -0.4 is 0 Å². The second-order valence-corrected chi connectivity index (χ2v) is 4.24. The summed E-state index contributed by atoms with van der Waals surface area (Å²) < 4.78 is 18.4. The van der Waals surface area contributed by atoms with Crippen molar-refractivity contribution >= 4 is 11.9 Å². The molecule has 1 saturated heterocycles. The molecule has 0 unspecified atom stereocenters. The smallest absolute Gasteiger partial charge is 0.303 e. The van der Waals surface area contributed by atoms with E-state index in [-0.39, 0.29) is 19.0 Å². The van der Waals surface area contributed by atoms with Gasteiger partial charge in [-0.25, -0.2) is 4.39 Å². The number of alkyl halides is 1. The van der Waals surface area contributed by atoms with Crippen molar-refractivity contribution in [3.63, 3.8) is 0 Å². The van der Waals surface area contributed by atoms with E-state index in [1.807, 2.05) is 0 Å². The molecule has 0 radical (unpaired) electrons. The minimum Gasteiger partial charge on any atom is -0.457 e. The number of hydrogen-bond donors (Lipinski definition) is 0. The van der Waals surface area contributed by atoms with Gasteiger partial charge in [-0.1, -0.05) is 18.2 Å². The summed E-state index contributed by atoms with van der Waals surface area (Å²) in [6, 6.07) is 8.66. The molecule has 0 N–H and O–H groups in total. The van der Waals surface area contributed by atoms with Crippen molar-refractivity contribution in [2.24, 2.45) is 0 Å². The number of benzene rings is 1. The van der Waals surface area contributed by atoms with Crippen LogP contribution in [0.1, 0.15) is 17.3 Å². The molecule has 0 aliphatic carbocycles. The summed E-state index contributed by atoms with van der Waals surface area (Å²) in [7, 11) is 0. The average molecular weight is 251 g/mol. The lowest BCUT2D eigenvalue weighted by molar-refractivity contribution is -0.147. The van der Waals surface area contributed by atoms with Crippen LogP contribution in [0.25, 0.3) is 0 Å². The number of hydrogen-bond acceptors (Lipinski definition) is 3. The lowest BCUT2D eigenvalue weighted by Gasteiger charge is -2.15. The van der Waals surface area contributed by atoms with Crippen LogP contribution in [-0.4, -0.2) is 42.1 Å². The second-order valence-electron chi connectivity index (χ2n) is 4.24. The maximum atomic E-state index is 13.6. The highest BCUT2D eigenvalue weighted by Crippen LogP contribution is 2.19. The van der Waals surface area contributed by atoms with Crippen molar-refractivity contribution in [3.05, 3.63) is 35.9 Å². The Morgan fingerprint density at radius 1 is 1.28 bits per heavy atom. The molecule has 1 heterocycles. The number of halogens is 1. The number of esters is 1. The maximum Gasteiger partial charge on any atom is 0.303 e. The van der Waals surface area contributed by atoms with Gasteiger partial charge in [0.15, 0.2) is 12.3 Å². The molecule has 0 saturated carbocycles. The van der Waals surface area contributed by atoms with Crippen LogP contribution in [0.3, 0.4) is 0 Å². The van der Waals surface area contributed by atoms with E-state index in [0.717, 1.165) is 0 Å². The van der Waals surface area contributed by atoms with Gasteiger partial charge in [-0.2, -0.15) is 0 Å². The van der Waals surface area contributed by atoms with Gasteiger partial charge < -0.3 is 9.64 Å². The first kappa shape index (κ1) is 12.5. The number of amides is 1. The van der Waals surface area contributed by atoms with Crippen LogP contribution in [0.15, 0.2) is 30.3 Å². The fraction of sp³-hybridized carbons (Fsp3) is 0.385.